The third kappa shape index (κ3) is 23.3. The second kappa shape index (κ2) is 33.1. The fraction of sp³-hybridized carbons (Fsp3) is 0.608. The Bertz CT molecular complexity index is 2740. The zero-order chi connectivity index (χ0) is 63.7. The van der Waals surface area contributed by atoms with Gasteiger partial charge in [0.2, 0.25) is 0 Å². The highest BCUT2D eigenvalue weighted by molar-refractivity contribution is 5.51. The van der Waals surface area contributed by atoms with Gasteiger partial charge in [0.15, 0.2) is 0 Å². The zero-order valence-corrected chi connectivity index (χ0v) is 57.1. The van der Waals surface area contributed by atoms with Gasteiger partial charge < -0.3 is 31.1 Å². The predicted octanol–water partition coefficient (Wildman–Crippen LogP) is 15.5. The van der Waals surface area contributed by atoms with Crippen LogP contribution in [0.1, 0.15) is 189 Å². The van der Waals surface area contributed by atoms with Crippen molar-refractivity contribution >= 4 is 11.5 Å². The lowest BCUT2D eigenvalue weighted by Gasteiger charge is -2.57. The Morgan fingerprint density at radius 3 is 1.57 bits per heavy atom. The summed E-state index contributed by atoms with van der Waals surface area (Å²) < 4.78 is 40.7. The molecule has 5 heterocycles. The molecular weight excluding hydrogens is 1070 g/mol. The number of aryl methyl sites for hydroxylation is 2. The number of pyridine rings is 1. The number of halogens is 3. The van der Waals surface area contributed by atoms with E-state index in [-0.39, 0.29) is 28.3 Å². The minimum Gasteiger partial charge on any atom is -0.368 e. The second-order valence-electron chi connectivity index (χ2n) is 29.2. The number of nitrogens with one attached hydrogen (secondary N) is 4. The van der Waals surface area contributed by atoms with Crippen LogP contribution in [-0.2, 0) is 23.9 Å². The maximum absolute atomic E-state index is 13.8. The van der Waals surface area contributed by atoms with Crippen LogP contribution < -0.4 is 31.1 Å². The Hall–Kier alpha value is -4.82. The largest absolute Gasteiger partial charge is 0.368 e. The summed E-state index contributed by atoms with van der Waals surface area (Å²) in [5, 5.41) is 13.5. The molecule has 0 amide bonds. The second-order valence-corrected chi connectivity index (χ2v) is 29.2. The van der Waals surface area contributed by atoms with Crippen LogP contribution in [0.4, 0.5) is 24.7 Å². The summed E-state index contributed by atoms with van der Waals surface area (Å²) in [5.74, 6) is 1.54. The van der Waals surface area contributed by atoms with E-state index in [9.17, 15) is 13.2 Å². The van der Waals surface area contributed by atoms with Crippen molar-refractivity contribution in [3.05, 3.63) is 160 Å². The molecule has 478 valence electrons. The minimum atomic E-state index is -0.131. The van der Waals surface area contributed by atoms with Crippen molar-refractivity contribution in [3.63, 3.8) is 0 Å². The fourth-order valence-corrected chi connectivity index (χ4v) is 11.1. The lowest BCUT2D eigenvalue weighted by Crippen LogP contribution is -2.61. The van der Waals surface area contributed by atoms with Gasteiger partial charge >= 0.3 is 0 Å². The minimum absolute atomic E-state index is 0.00481. The highest BCUT2D eigenvalue weighted by Gasteiger charge is 2.47. The van der Waals surface area contributed by atoms with Gasteiger partial charge in [-0.2, -0.15) is 0 Å². The van der Waals surface area contributed by atoms with E-state index in [1.807, 2.05) is 70.3 Å². The van der Waals surface area contributed by atoms with E-state index in [4.69, 9.17) is 0 Å². The summed E-state index contributed by atoms with van der Waals surface area (Å²) in [7, 11) is 0. The molecule has 5 fully saturated rings. The molecule has 12 heteroatoms. The Balaban J connectivity index is 0.000000189. The predicted molar refractivity (Wildman–Crippen MR) is 362 cm³/mol. The average Bonchev–Trinajstić information content (AvgIpc) is 0.892. The van der Waals surface area contributed by atoms with Crippen LogP contribution in [0.2, 0.25) is 0 Å². The molecule has 1 saturated carbocycles. The number of likely N-dealkylation sites (tertiary alicyclic amines) is 2. The molecule has 1 spiro atoms. The molecule has 5 aliphatic rings. The topological polar surface area (TPSA) is 74.0 Å². The molecular formula is C74H116F3N9. The van der Waals surface area contributed by atoms with Crippen LogP contribution in [0.25, 0.3) is 0 Å². The summed E-state index contributed by atoms with van der Waals surface area (Å²) in [6.45, 7) is 53.1. The standard InChI is InChI=1S/2C14H22FN.C13H19FN2.C12H19N3.C12H17N.C9H17N/c1-10(2)16-9-11-6-7-12(8-13(11)15)14(3,4)5;1-10(2)16-9-11-6-7-12(13(15)8-11)14(3,4)5;1-9(2)15-11-7-16(8-11)12-4-5-13(14)10(3)6-12;1-9(2)14-11-7-15(8-11)12-5-4-10(3)6-13-12;1-10(2)13-8-12(9-13)11-6-4-3-5-7-11;1-8(2)10-6-9(7-10)4-3-5-9/h2*6-8,10,16H,9H2,1-5H3;4-6,9,11,15H,7-8H2,1-3H3;4-6,9,11,14H,7-8H2,1-3H3;3-7,10,12H,8-9H2,1-2H3;8H,3-7H2,1-2H3. The Kier molecular flexibility index (Phi) is 27.7. The van der Waals surface area contributed by atoms with Gasteiger partial charge in [-0.05, 0) is 140 Å². The molecule has 0 unspecified atom stereocenters. The van der Waals surface area contributed by atoms with E-state index in [2.05, 4.69) is 199 Å². The van der Waals surface area contributed by atoms with E-state index < -0.39 is 0 Å². The van der Waals surface area contributed by atoms with Crippen molar-refractivity contribution in [1.82, 2.24) is 36.1 Å². The van der Waals surface area contributed by atoms with Gasteiger partial charge in [-0.1, -0.05) is 164 Å². The lowest BCUT2D eigenvalue weighted by molar-refractivity contribution is -0.0758. The number of rotatable bonds is 15. The van der Waals surface area contributed by atoms with Crippen LogP contribution in [0, 0.1) is 36.7 Å². The smallest absolute Gasteiger partial charge is 0.128 e. The van der Waals surface area contributed by atoms with Crippen molar-refractivity contribution in [2.75, 3.05) is 62.2 Å². The third-order valence-corrected chi connectivity index (χ3v) is 16.9. The van der Waals surface area contributed by atoms with Crippen LogP contribution in [-0.4, -0.2) is 115 Å². The molecule has 1 aliphatic carbocycles. The molecule has 0 radical (unpaired) electrons. The Morgan fingerprint density at radius 2 is 1.12 bits per heavy atom. The first kappa shape index (κ1) is 71.9. The fourth-order valence-electron chi connectivity index (χ4n) is 11.1. The van der Waals surface area contributed by atoms with E-state index >= 15 is 0 Å². The summed E-state index contributed by atoms with van der Waals surface area (Å²) >= 11 is 0. The highest BCUT2D eigenvalue weighted by atomic mass is 19.1. The van der Waals surface area contributed by atoms with E-state index in [1.54, 1.807) is 18.2 Å². The van der Waals surface area contributed by atoms with Crippen molar-refractivity contribution in [2.24, 2.45) is 5.41 Å². The number of benzene rings is 4. The summed E-state index contributed by atoms with van der Waals surface area (Å²) in [6.07, 6.45) is 6.44. The molecule has 0 bridgehead atoms. The van der Waals surface area contributed by atoms with Gasteiger partial charge in [-0.3, -0.25) is 9.80 Å². The first-order valence-corrected chi connectivity index (χ1v) is 32.6. The molecule has 4 saturated heterocycles. The average molecular weight is 1190 g/mol. The Labute approximate surface area is 521 Å². The summed E-state index contributed by atoms with van der Waals surface area (Å²) in [4.78, 5) is 14.1. The van der Waals surface area contributed by atoms with E-state index in [0.717, 1.165) is 89.4 Å². The van der Waals surface area contributed by atoms with Gasteiger partial charge in [0.25, 0.3) is 0 Å². The molecule has 4 aromatic carbocycles. The normalized spacial score (nSPS) is 17.0. The van der Waals surface area contributed by atoms with Crippen molar-refractivity contribution in [1.29, 1.82) is 0 Å². The maximum atomic E-state index is 13.8. The van der Waals surface area contributed by atoms with Gasteiger partial charge in [0, 0.05) is 137 Å². The van der Waals surface area contributed by atoms with Gasteiger partial charge in [-0.25, -0.2) is 18.2 Å². The summed E-state index contributed by atoms with van der Waals surface area (Å²) in [5.41, 5.74) is 8.82. The summed E-state index contributed by atoms with van der Waals surface area (Å²) in [6, 6.07) is 36.0. The number of aromatic nitrogens is 1. The maximum Gasteiger partial charge on any atom is 0.128 e. The number of nitrogens with zero attached hydrogens (tertiary/aromatic N) is 5. The van der Waals surface area contributed by atoms with Crippen molar-refractivity contribution in [3.8, 4) is 0 Å². The van der Waals surface area contributed by atoms with E-state index in [1.165, 1.54) is 56.6 Å². The van der Waals surface area contributed by atoms with Gasteiger partial charge in [0.05, 0.1) is 0 Å². The van der Waals surface area contributed by atoms with Crippen molar-refractivity contribution < 1.29 is 13.2 Å². The third-order valence-electron chi connectivity index (χ3n) is 16.9. The van der Waals surface area contributed by atoms with E-state index in [0.29, 0.717) is 48.8 Å². The quantitative estimate of drug-likeness (QED) is 0.0820. The molecule has 5 aromatic rings. The first-order chi connectivity index (χ1) is 40.3. The molecule has 4 aliphatic heterocycles. The lowest BCUT2D eigenvalue weighted by atomic mass is 9.63. The molecule has 9 nitrogen and oxygen atoms in total. The van der Waals surface area contributed by atoms with Gasteiger partial charge in [0.1, 0.15) is 23.3 Å². The van der Waals surface area contributed by atoms with Crippen molar-refractivity contribution in [2.45, 2.75) is 236 Å². The van der Waals surface area contributed by atoms with Crippen LogP contribution in [0.3, 0.4) is 0 Å². The van der Waals surface area contributed by atoms with Gasteiger partial charge in [-0.15, -0.1) is 0 Å². The number of hydrogen-bond acceptors (Lipinski definition) is 9. The highest BCUT2D eigenvalue weighted by Crippen LogP contribution is 2.48. The number of hydrogen-bond donors (Lipinski definition) is 4. The number of anilines is 2. The van der Waals surface area contributed by atoms with Crippen LogP contribution in [0.15, 0.2) is 103 Å². The SMILES string of the molecule is CC(C)N1CC(c2ccccc2)C1.CC(C)N1CC2(CCC2)C1.CC(C)NCc1ccc(C(C)(C)C)c(F)c1.CC(C)NCc1ccc(C(C)(C)C)cc1F.Cc1cc(N2CC(NC(C)C)C2)ccc1F.Cc1ccc(N2CC(NC(C)C)C2)nc1. The molecule has 1 aromatic heterocycles. The molecule has 0 atom stereocenters. The molecule has 4 N–H and O–H groups in total. The van der Waals surface area contributed by atoms with Crippen LogP contribution in [0.5, 0.6) is 0 Å². The first-order valence-electron chi connectivity index (χ1n) is 32.6. The monoisotopic (exact) mass is 1190 g/mol. The Morgan fingerprint density at radius 1 is 0.547 bits per heavy atom. The zero-order valence-electron chi connectivity index (χ0n) is 57.1. The van der Waals surface area contributed by atoms with Crippen LogP contribution >= 0.6 is 0 Å². The molecule has 86 heavy (non-hydrogen) atoms. The molecule has 10 rings (SSSR count).